The number of carbonyl (C=O) groups excluding carboxylic acids is 2. The molecule has 0 unspecified atom stereocenters. The molecule has 7 rings (SSSR count). The van der Waals surface area contributed by atoms with E-state index in [4.69, 9.17) is 14.7 Å². The van der Waals surface area contributed by atoms with E-state index in [0.29, 0.717) is 23.8 Å². The zero-order chi connectivity index (χ0) is 23.7. The van der Waals surface area contributed by atoms with Gasteiger partial charge in [-0.15, -0.1) is 0 Å². The molecule has 2 aromatic carbocycles. The second-order valence-electron chi connectivity index (χ2n) is 10.3. The molecule has 2 amide bonds. The van der Waals surface area contributed by atoms with Crippen LogP contribution in [0.1, 0.15) is 37.0 Å². The van der Waals surface area contributed by atoms with Gasteiger partial charge in [-0.1, -0.05) is 30.3 Å². The fourth-order valence-electron chi connectivity index (χ4n) is 5.29. The number of benzene rings is 2. The lowest BCUT2D eigenvalue weighted by atomic mass is 9.97. The van der Waals surface area contributed by atoms with E-state index >= 15 is 0 Å². The number of fused-ring (bicyclic) bond motifs is 1. The summed E-state index contributed by atoms with van der Waals surface area (Å²) in [6.07, 6.45) is 3.68. The van der Waals surface area contributed by atoms with Crippen LogP contribution >= 0.6 is 0 Å². The van der Waals surface area contributed by atoms with Crippen LogP contribution in [0.25, 0.3) is 22.1 Å². The van der Waals surface area contributed by atoms with Crippen LogP contribution in [0.4, 0.5) is 0 Å². The number of amidine groups is 1. The molecule has 7 heteroatoms. The summed E-state index contributed by atoms with van der Waals surface area (Å²) in [7, 11) is 0. The normalized spacial score (nSPS) is 20.8. The summed E-state index contributed by atoms with van der Waals surface area (Å²) in [5, 5.41) is 9.97. The average Bonchev–Trinajstić information content (AvgIpc) is 3.77. The third kappa shape index (κ3) is 3.35. The molecule has 3 heterocycles. The molecule has 2 aliphatic carbocycles. The van der Waals surface area contributed by atoms with Crippen LogP contribution in [0.5, 0.6) is 0 Å². The van der Waals surface area contributed by atoms with Crippen LogP contribution in [-0.4, -0.2) is 52.6 Å². The Morgan fingerprint density at radius 3 is 2.46 bits per heavy atom. The van der Waals surface area contributed by atoms with Crippen molar-refractivity contribution in [3.8, 4) is 17.2 Å². The van der Waals surface area contributed by atoms with E-state index in [2.05, 4.69) is 0 Å². The fraction of sp³-hybridized carbons (Fsp3) is 0.357. The van der Waals surface area contributed by atoms with E-state index < -0.39 is 5.54 Å². The monoisotopic (exact) mass is 464 g/mol. The molecule has 1 aromatic heterocycles. The number of nitriles is 1. The van der Waals surface area contributed by atoms with Gasteiger partial charge in [0.1, 0.15) is 23.0 Å². The van der Waals surface area contributed by atoms with Crippen molar-refractivity contribution >= 4 is 28.6 Å². The summed E-state index contributed by atoms with van der Waals surface area (Å²) in [5.41, 5.74) is 3.16. The van der Waals surface area contributed by atoms with Gasteiger partial charge in [0.05, 0.1) is 0 Å². The predicted molar refractivity (Wildman–Crippen MR) is 129 cm³/mol. The van der Waals surface area contributed by atoms with Gasteiger partial charge in [-0.25, -0.2) is 0 Å². The van der Waals surface area contributed by atoms with Crippen molar-refractivity contribution < 1.29 is 14.0 Å². The van der Waals surface area contributed by atoms with Gasteiger partial charge in [0.2, 0.25) is 11.7 Å². The van der Waals surface area contributed by atoms with Crippen molar-refractivity contribution in [1.82, 2.24) is 9.80 Å². The summed E-state index contributed by atoms with van der Waals surface area (Å²) in [6, 6.07) is 17.8. The Bertz CT molecular complexity index is 1450. The van der Waals surface area contributed by atoms with Crippen molar-refractivity contribution in [3.63, 3.8) is 0 Å². The molecule has 0 radical (unpaired) electrons. The highest BCUT2D eigenvalue weighted by molar-refractivity contribution is 6.16. The van der Waals surface area contributed by atoms with Crippen LogP contribution in [0.3, 0.4) is 0 Å². The average molecular weight is 465 g/mol. The van der Waals surface area contributed by atoms with Crippen LogP contribution in [0.2, 0.25) is 0 Å². The lowest BCUT2D eigenvalue weighted by Gasteiger charge is -2.41. The second-order valence-corrected chi connectivity index (χ2v) is 10.3. The maximum absolute atomic E-state index is 13.2. The molecule has 4 aliphatic rings. The zero-order valence-corrected chi connectivity index (χ0v) is 19.2. The largest absolute Gasteiger partial charge is 0.446 e. The molecule has 0 bridgehead atoms. The van der Waals surface area contributed by atoms with Gasteiger partial charge in [-0.2, -0.15) is 5.26 Å². The number of furan rings is 1. The van der Waals surface area contributed by atoms with E-state index in [1.165, 1.54) is 0 Å². The molecule has 0 atom stereocenters. The van der Waals surface area contributed by atoms with Crippen molar-refractivity contribution in [2.75, 3.05) is 19.6 Å². The van der Waals surface area contributed by atoms with Gasteiger partial charge in [-0.05, 0) is 48.9 Å². The van der Waals surface area contributed by atoms with E-state index in [-0.39, 0.29) is 17.7 Å². The lowest BCUT2D eigenvalue weighted by molar-refractivity contribution is -0.139. The molecule has 35 heavy (non-hydrogen) atoms. The molecule has 174 valence electrons. The van der Waals surface area contributed by atoms with Gasteiger partial charge >= 0.3 is 0 Å². The summed E-state index contributed by atoms with van der Waals surface area (Å²) in [4.78, 5) is 34.2. The number of hydrogen-bond donors (Lipinski definition) is 0. The molecular weight excluding hydrogens is 440 g/mol. The highest BCUT2D eigenvalue weighted by Crippen LogP contribution is 2.46. The molecule has 1 saturated heterocycles. The van der Waals surface area contributed by atoms with E-state index in [1.54, 1.807) is 6.07 Å². The van der Waals surface area contributed by atoms with Gasteiger partial charge in [0.25, 0.3) is 5.91 Å². The Morgan fingerprint density at radius 2 is 1.77 bits per heavy atom. The van der Waals surface area contributed by atoms with Crippen molar-refractivity contribution in [2.24, 2.45) is 16.8 Å². The third-order valence-electron chi connectivity index (χ3n) is 7.68. The van der Waals surface area contributed by atoms with Crippen molar-refractivity contribution in [3.05, 3.63) is 59.9 Å². The SMILES string of the molecule is N#Cc1cc2cc(-c3ccc(C4=NC5(CC5)C(=O)N4CC4CN(C(=O)C5CC5)C4)cc3)ccc2o1. The highest BCUT2D eigenvalue weighted by Gasteiger charge is 2.57. The first kappa shape index (κ1) is 20.5. The van der Waals surface area contributed by atoms with Crippen LogP contribution in [0.15, 0.2) is 57.9 Å². The van der Waals surface area contributed by atoms with E-state index in [1.807, 2.05) is 58.3 Å². The lowest BCUT2D eigenvalue weighted by Crippen LogP contribution is -2.55. The van der Waals surface area contributed by atoms with Crippen molar-refractivity contribution in [1.29, 1.82) is 5.26 Å². The quantitative estimate of drug-likeness (QED) is 0.572. The van der Waals surface area contributed by atoms with E-state index in [9.17, 15) is 9.59 Å². The van der Waals surface area contributed by atoms with Crippen LogP contribution in [-0.2, 0) is 9.59 Å². The number of nitrogens with zero attached hydrogens (tertiary/aromatic N) is 4. The van der Waals surface area contributed by atoms with Crippen LogP contribution in [0, 0.1) is 23.2 Å². The molecule has 7 nitrogen and oxygen atoms in total. The number of likely N-dealkylation sites (tertiary alicyclic amines) is 1. The standard InChI is InChI=1S/C28H24N4O3/c29-13-23-12-22-11-21(7-8-24(22)35-23)18-1-3-19(4-2-18)25-30-28(9-10-28)27(34)32(25)16-17-14-31(15-17)26(33)20-5-6-20/h1-4,7-8,11-12,17,20H,5-6,9-10,14-16H2. The zero-order valence-electron chi connectivity index (χ0n) is 19.2. The first-order valence-electron chi connectivity index (χ1n) is 12.3. The highest BCUT2D eigenvalue weighted by atomic mass is 16.3. The molecule has 2 aliphatic heterocycles. The fourth-order valence-corrected chi connectivity index (χ4v) is 5.29. The number of amides is 2. The maximum atomic E-state index is 13.2. The number of carbonyl (C=O) groups is 2. The maximum Gasteiger partial charge on any atom is 0.256 e. The summed E-state index contributed by atoms with van der Waals surface area (Å²) >= 11 is 0. The minimum absolute atomic E-state index is 0.113. The van der Waals surface area contributed by atoms with Gasteiger partial charge < -0.3 is 9.32 Å². The van der Waals surface area contributed by atoms with Crippen LogP contribution < -0.4 is 0 Å². The number of hydrogen-bond acceptors (Lipinski definition) is 5. The minimum Gasteiger partial charge on any atom is -0.446 e. The molecular formula is C28H24N4O3. The third-order valence-corrected chi connectivity index (χ3v) is 7.68. The minimum atomic E-state index is -0.550. The Labute approximate surface area is 202 Å². The van der Waals surface area contributed by atoms with E-state index in [0.717, 1.165) is 66.7 Å². The van der Waals surface area contributed by atoms with Gasteiger partial charge in [0.15, 0.2) is 0 Å². The number of aliphatic imine (C=N–C) groups is 1. The topological polar surface area (TPSA) is 89.9 Å². The Kier molecular flexibility index (Phi) is 4.26. The molecule has 1 spiro atoms. The summed E-state index contributed by atoms with van der Waals surface area (Å²) in [5.74, 6) is 2.01. The Morgan fingerprint density at radius 1 is 1.06 bits per heavy atom. The van der Waals surface area contributed by atoms with Gasteiger partial charge in [-0.3, -0.25) is 19.5 Å². The first-order valence-corrected chi connectivity index (χ1v) is 12.3. The second kappa shape index (κ2) is 7.29. The first-order chi connectivity index (χ1) is 17.0. The summed E-state index contributed by atoms with van der Waals surface area (Å²) < 4.78 is 5.49. The molecule has 0 N–H and O–H groups in total. The summed E-state index contributed by atoms with van der Waals surface area (Å²) in [6.45, 7) is 2.10. The van der Waals surface area contributed by atoms with Crippen molar-refractivity contribution in [2.45, 2.75) is 31.2 Å². The molecule has 2 saturated carbocycles. The Balaban J connectivity index is 1.11. The number of rotatable bonds is 5. The predicted octanol–water partition coefficient (Wildman–Crippen LogP) is 3.96. The Hall–Kier alpha value is -3.92. The van der Waals surface area contributed by atoms with Gasteiger partial charge in [0, 0.05) is 48.5 Å². The molecule has 3 fully saturated rings. The molecule has 3 aromatic rings. The smallest absolute Gasteiger partial charge is 0.256 e.